The quantitative estimate of drug-likeness (QED) is 0.487. The van der Waals surface area contributed by atoms with Crippen molar-refractivity contribution in [3.8, 4) is 0 Å². The number of rotatable bonds is 1. The Labute approximate surface area is 82.6 Å². The van der Waals surface area contributed by atoms with Gasteiger partial charge >= 0.3 is 5.37 Å². The summed E-state index contributed by atoms with van der Waals surface area (Å²) in [5, 5.41) is 0.223. The van der Waals surface area contributed by atoms with Crippen LogP contribution in [0.15, 0.2) is 0 Å². The zero-order valence-corrected chi connectivity index (χ0v) is 8.99. The monoisotopic (exact) mass is 207 g/mol. The van der Waals surface area contributed by atoms with E-state index in [1.54, 1.807) is 4.90 Å². The van der Waals surface area contributed by atoms with Crippen LogP contribution in [0.1, 0.15) is 20.3 Å². The molecule has 1 amide bonds. The van der Waals surface area contributed by atoms with Crippen LogP contribution in [0.5, 0.6) is 0 Å². The highest BCUT2D eigenvalue weighted by atomic mass is 35.5. The first-order valence-electron chi connectivity index (χ1n) is 4.24. The smallest absolute Gasteiger partial charge is 0.316 e. The Kier molecular flexibility index (Phi) is 3.72. The molecule has 0 aromatic carbocycles. The van der Waals surface area contributed by atoms with E-state index in [0.717, 1.165) is 18.7 Å². The van der Waals surface area contributed by atoms with E-state index in [4.69, 9.17) is 11.6 Å². The van der Waals surface area contributed by atoms with Gasteiger partial charge in [-0.15, -0.1) is 0 Å². The molecule has 2 nitrogen and oxygen atoms in total. The Morgan fingerprint density at radius 2 is 2.42 bits per heavy atom. The Balaban J connectivity index is 2.64. The molecule has 0 radical (unpaired) electrons. The van der Waals surface area contributed by atoms with Gasteiger partial charge in [0.1, 0.15) is 0 Å². The molecule has 70 valence electrons. The molecule has 1 aliphatic rings. The normalized spacial score (nSPS) is 30.4. The lowest BCUT2D eigenvalue weighted by atomic mass is 10.1. The van der Waals surface area contributed by atoms with E-state index in [1.807, 2.05) is 11.8 Å². The number of amides is 1. The Morgan fingerprint density at radius 3 is 2.83 bits per heavy atom. The molecule has 2 unspecified atom stereocenters. The minimum atomic E-state index is -0.297. The van der Waals surface area contributed by atoms with E-state index in [-0.39, 0.29) is 5.37 Å². The van der Waals surface area contributed by atoms with Gasteiger partial charge in [-0.1, -0.05) is 13.8 Å². The number of hydrogen-bond donors (Lipinski definition) is 0. The van der Waals surface area contributed by atoms with E-state index in [2.05, 4.69) is 13.8 Å². The molecule has 0 saturated carbocycles. The Hall–Kier alpha value is 0.110. The predicted molar refractivity (Wildman–Crippen MR) is 54.0 cm³/mol. The molecule has 0 bridgehead atoms. The number of halogens is 1. The maximum Gasteiger partial charge on any atom is 0.316 e. The Bertz CT molecular complexity index is 176. The van der Waals surface area contributed by atoms with Crippen LogP contribution in [0.4, 0.5) is 4.79 Å². The van der Waals surface area contributed by atoms with Crippen molar-refractivity contribution >= 4 is 28.7 Å². The highest BCUT2D eigenvalue weighted by Crippen LogP contribution is 2.27. The van der Waals surface area contributed by atoms with Crippen LogP contribution in [0, 0.1) is 0 Å². The molecule has 1 heterocycles. The van der Waals surface area contributed by atoms with Crippen LogP contribution in [0.25, 0.3) is 0 Å². The minimum absolute atomic E-state index is 0.297. The van der Waals surface area contributed by atoms with Crippen LogP contribution >= 0.6 is 23.4 Å². The van der Waals surface area contributed by atoms with Crippen LogP contribution in [0.2, 0.25) is 0 Å². The summed E-state index contributed by atoms with van der Waals surface area (Å²) in [6.07, 6.45) is 0.993. The predicted octanol–water partition coefficient (Wildman–Crippen LogP) is 2.56. The van der Waals surface area contributed by atoms with Crippen LogP contribution in [0.3, 0.4) is 0 Å². The third kappa shape index (κ3) is 2.07. The maximum absolute atomic E-state index is 11.0. The number of nitrogens with zero attached hydrogens (tertiary/aromatic N) is 1. The van der Waals surface area contributed by atoms with Crippen LogP contribution < -0.4 is 0 Å². The van der Waals surface area contributed by atoms with Gasteiger partial charge in [0.15, 0.2) is 0 Å². The zero-order chi connectivity index (χ0) is 9.14. The van der Waals surface area contributed by atoms with Crippen molar-refractivity contribution in [3.63, 3.8) is 0 Å². The van der Waals surface area contributed by atoms with Crippen molar-refractivity contribution in [2.24, 2.45) is 0 Å². The van der Waals surface area contributed by atoms with Crippen molar-refractivity contribution in [1.29, 1.82) is 0 Å². The van der Waals surface area contributed by atoms with E-state index in [0.29, 0.717) is 11.3 Å². The van der Waals surface area contributed by atoms with Gasteiger partial charge in [-0.25, -0.2) is 0 Å². The average Bonchev–Trinajstić information content (AvgIpc) is 2.03. The average molecular weight is 208 g/mol. The SMILES string of the molecule is CCC1C(C)SCCN1C(=O)Cl. The molecule has 1 aliphatic heterocycles. The third-order valence-corrected chi connectivity index (χ3v) is 3.77. The van der Waals surface area contributed by atoms with Crippen molar-refractivity contribution in [2.45, 2.75) is 31.6 Å². The van der Waals surface area contributed by atoms with Gasteiger partial charge in [0.2, 0.25) is 0 Å². The highest BCUT2D eigenvalue weighted by Gasteiger charge is 2.29. The number of carbonyl (C=O) groups is 1. The topological polar surface area (TPSA) is 20.3 Å². The second-order valence-electron chi connectivity index (χ2n) is 3.00. The van der Waals surface area contributed by atoms with E-state index >= 15 is 0 Å². The van der Waals surface area contributed by atoms with Gasteiger partial charge in [-0.3, -0.25) is 4.79 Å². The number of thioether (sulfide) groups is 1. The fourth-order valence-corrected chi connectivity index (χ4v) is 3.08. The molecule has 12 heavy (non-hydrogen) atoms. The molecule has 0 N–H and O–H groups in total. The van der Waals surface area contributed by atoms with Gasteiger partial charge in [0, 0.05) is 23.6 Å². The fraction of sp³-hybridized carbons (Fsp3) is 0.875. The molecule has 4 heteroatoms. The van der Waals surface area contributed by atoms with Crippen molar-refractivity contribution in [2.75, 3.05) is 12.3 Å². The molecule has 1 rings (SSSR count). The summed E-state index contributed by atoms with van der Waals surface area (Å²) >= 11 is 7.39. The lowest BCUT2D eigenvalue weighted by molar-refractivity contribution is 0.196. The maximum atomic E-state index is 11.0. The fourth-order valence-electron chi connectivity index (χ4n) is 1.64. The highest BCUT2D eigenvalue weighted by molar-refractivity contribution is 8.00. The summed E-state index contributed by atoms with van der Waals surface area (Å²) in [6.45, 7) is 5.06. The van der Waals surface area contributed by atoms with E-state index in [1.165, 1.54) is 0 Å². The lowest BCUT2D eigenvalue weighted by Gasteiger charge is -2.37. The summed E-state index contributed by atoms with van der Waals surface area (Å²) in [5.74, 6) is 1.01. The van der Waals surface area contributed by atoms with Crippen molar-refractivity contribution in [3.05, 3.63) is 0 Å². The van der Waals surface area contributed by atoms with Crippen molar-refractivity contribution < 1.29 is 4.79 Å². The van der Waals surface area contributed by atoms with Crippen LogP contribution in [-0.2, 0) is 0 Å². The molecule has 0 aliphatic carbocycles. The summed E-state index contributed by atoms with van der Waals surface area (Å²) < 4.78 is 0. The molecule has 2 atom stereocenters. The van der Waals surface area contributed by atoms with Gasteiger partial charge in [0.05, 0.1) is 0 Å². The summed E-state index contributed by atoms with van der Waals surface area (Å²) in [6, 6.07) is 0.328. The first-order valence-corrected chi connectivity index (χ1v) is 5.67. The van der Waals surface area contributed by atoms with E-state index < -0.39 is 0 Å². The largest absolute Gasteiger partial charge is 0.324 e. The molecule has 0 aromatic heterocycles. The van der Waals surface area contributed by atoms with E-state index in [9.17, 15) is 4.79 Å². The van der Waals surface area contributed by atoms with Crippen molar-refractivity contribution in [1.82, 2.24) is 4.90 Å². The molecule has 0 aromatic rings. The summed E-state index contributed by atoms with van der Waals surface area (Å²) in [7, 11) is 0. The van der Waals surface area contributed by atoms with Crippen LogP contribution in [-0.4, -0.2) is 33.9 Å². The number of carbonyl (C=O) groups excluding carboxylic acids is 1. The lowest BCUT2D eigenvalue weighted by Crippen LogP contribution is -2.47. The second-order valence-corrected chi connectivity index (χ2v) is 4.81. The standard InChI is InChI=1S/C8H14ClNOS/c1-3-7-6(2)12-5-4-10(7)8(9)11/h6-7H,3-5H2,1-2H3. The second kappa shape index (κ2) is 4.38. The first-order chi connectivity index (χ1) is 5.66. The number of hydrogen-bond acceptors (Lipinski definition) is 2. The zero-order valence-electron chi connectivity index (χ0n) is 7.42. The van der Waals surface area contributed by atoms with Gasteiger partial charge in [-0.05, 0) is 18.0 Å². The van der Waals surface area contributed by atoms with Gasteiger partial charge in [0.25, 0.3) is 0 Å². The minimum Gasteiger partial charge on any atom is -0.324 e. The molecule has 0 spiro atoms. The molecular weight excluding hydrogens is 194 g/mol. The third-order valence-electron chi connectivity index (χ3n) is 2.30. The Morgan fingerprint density at radius 1 is 1.75 bits per heavy atom. The molecular formula is C8H14ClNOS. The summed E-state index contributed by atoms with van der Waals surface area (Å²) in [4.78, 5) is 12.8. The van der Waals surface area contributed by atoms with Gasteiger partial charge < -0.3 is 4.90 Å². The molecule has 1 saturated heterocycles. The molecule has 1 fully saturated rings. The van der Waals surface area contributed by atoms with Gasteiger partial charge in [-0.2, -0.15) is 11.8 Å². The first kappa shape index (κ1) is 10.2. The summed E-state index contributed by atoms with van der Waals surface area (Å²) in [5.41, 5.74) is 0.